The van der Waals surface area contributed by atoms with E-state index < -0.39 is 11.7 Å². The minimum absolute atomic E-state index is 0.238. The van der Waals surface area contributed by atoms with Crippen LogP contribution in [0.1, 0.15) is 45.6 Å². The molecule has 0 aliphatic carbocycles. The quantitative estimate of drug-likeness (QED) is 0.803. The lowest BCUT2D eigenvalue weighted by atomic mass is 9.82. The molecule has 2 rings (SSSR count). The monoisotopic (exact) mass is 306 g/mol. The van der Waals surface area contributed by atoms with Gasteiger partial charge in [0, 0.05) is 6.54 Å². The fourth-order valence-corrected chi connectivity index (χ4v) is 2.81. The molecule has 1 aliphatic rings. The SMILES string of the molecule is CC(C)(C)OC(=O)NCC1(c2cccc(O)c2)CCCCN1. The van der Waals surface area contributed by atoms with Crippen LogP contribution < -0.4 is 10.6 Å². The number of carbonyl (C=O) groups is 1. The van der Waals surface area contributed by atoms with Crippen LogP contribution in [0.3, 0.4) is 0 Å². The molecule has 0 aromatic heterocycles. The molecule has 1 saturated heterocycles. The largest absolute Gasteiger partial charge is 0.508 e. The van der Waals surface area contributed by atoms with Gasteiger partial charge in [-0.3, -0.25) is 0 Å². The number of carbonyl (C=O) groups excluding carboxylic acids is 1. The summed E-state index contributed by atoms with van der Waals surface area (Å²) in [6.07, 6.45) is 2.69. The molecule has 0 spiro atoms. The fourth-order valence-electron chi connectivity index (χ4n) is 2.81. The van der Waals surface area contributed by atoms with Gasteiger partial charge in [-0.2, -0.15) is 0 Å². The van der Waals surface area contributed by atoms with Crippen molar-refractivity contribution in [2.75, 3.05) is 13.1 Å². The van der Waals surface area contributed by atoms with E-state index in [2.05, 4.69) is 10.6 Å². The first-order valence-corrected chi connectivity index (χ1v) is 7.82. The molecular weight excluding hydrogens is 280 g/mol. The van der Waals surface area contributed by atoms with Crippen LogP contribution in [0.5, 0.6) is 5.75 Å². The number of piperidine rings is 1. The second-order valence-electron chi connectivity index (χ2n) is 6.87. The highest BCUT2D eigenvalue weighted by Crippen LogP contribution is 2.31. The number of phenolic OH excluding ortho intramolecular Hbond substituents is 1. The van der Waals surface area contributed by atoms with Gasteiger partial charge in [0.2, 0.25) is 0 Å². The molecule has 1 aromatic rings. The van der Waals surface area contributed by atoms with Gasteiger partial charge in [-0.25, -0.2) is 4.79 Å². The van der Waals surface area contributed by atoms with Gasteiger partial charge in [0.25, 0.3) is 0 Å². The number of benzene rings is 1. The third-order valence-corrected chi connectivity index (χ3v) is 3.83. The van der Waals surface area contributed by atoms with Gasteiger partial charge in [0.1, 0.15) is 11.4 Å². The Morgan fingerprint density at radius 1 is 1.41 bits per heavy atom. The summed E-state index contributed by atoms with van der Waals surface area (Å²) < 4.78 is 5.31. The Bertz CT molecular complexity index is 517. The first-order chi connectivity index (χ1) is 10.3. The standard InChI is InChI=1S/C17H26N2O3/c1-16(2,3)22-15(21)18-12-17(9-4-5-10-19-17)13-7-6-8-14(20)11-13/h6-8,11,19-20H,4-5,9-10,12H2,1-3H3,(H,18,21). The lowest BCUT2D eigenvalue weighted by Gasteiger charge is -2.39. The number of phenols is 1. The topological polar surface area (TPSA) is 70.6 Å². The Balaban J connectivity index is 2.11. The molecule has 1 aromatic carbocycles. The normalized spacial score (nSPS) is 22.1. The number of nitrogens with one attached hydrogen (secondary N) is 2. The molecule has 1 amide bonds. The molecule has 3 N–H and O–H groups in total. The first-order valence-electron chi connectivity index (χ1n) is 7.82. The predicted molar refractivity (Wildman–Crippen MR) is 85.9 cm³/mol. The van der Waals surface area contributed by atoms with Crippen LogP contribution in [-0.4, -0.2) is 29.9 Å². The van der Waals surface area contributed by atoms with E-state index >= 15 is 0 Å². The first kappa shape index (κ1) is 16.6. The van der Waals surface area contributed by atoms with E-state index in [9.17, 15) is 9.90 Å². The van der Waals surface area contributed by atoms with Crippen molar-refractivity contribution in [3.8, 4) is 5.75 Å². The summed E-state index contributed by atoms with van der Waals surface area (Å²) in [5, 5.41) is 16.1. The maximum atomic E-state index is 11.9. The number of rotatable bonds is 3. The van der Waals surface area contributed by atoms with Gasteiger partial charge >= 0.3 is 6.09 Å². The number of hydrogen-bond donors (Lipinski definition) is 3. The molecule has 5 heteroatoms. The Kier molecular flexibility index (Phi) is 4.96. The van der Waals surface area contributed by atoms with Crippen LogP contribution in [0.25, 0.3) is 0 Å². The number of hydrogen-bond acceptors (Lipinski definition) is 4. The summed E-state index contributed by atoms with van der Waals surface area (Å²) >= 11 is 0. The van der Waals surface area contributed by atoms with Crippen molar-refractivity contribution < 1.29 is 14.6 Å². The lowest BCUT2D eigenvalue weighted by molar-refractivity contribution is 0.0502. The Morgan fingerprint density at radius 2 is 2.18 bits per heavy atom. The van der Waals surface area contributed by atoms with Crippen molar-refractivity contribution in [1.82, 2.24) is 10.6 Å². The third kappa shape index (κ3) is 4.37. The molecule has 0 saturated carbocycles. The molecule has 122 valence electrons. The fraction of sp³-hybridized carbons (Fsp3) is 0.588. The van der Waals surface area contributed by atoms with Crippen LogP contribution in [0.4, 0.5) is 4.79 Å². The van der Waals surface area contributed by atoms with Crippen molar-refractivity contribution in [1.29, 1.82) is 0 Å². The molecule has 0 bridgehead atoms. The highest BCUT2D eigenvalue weighted by atomic mass is 16.6. The highest BCUT2D eigenvalue weighted by molar-refractivity contribution is 5.67. The maximum Gasteiger partial charge on any atom is 0.407 e. The van der Waals surface area contributed by atoms with Crippen LogP contribution in [0.15, 0.2) is 24.3 Å². The molecule has 1 aliphatic heterocycles. The van der Waals surface area contributed by atoms with Crippen molar-refractivity contribution in [3.05, 3.63) is 29.8 Å². The van der Waals surface area contributed by atoms with Crippen LogP contribution in [-0.2, 0) is 10.3 Å². The van der Waals surface area contributed by atoms with Gasteiger partial charge in [-0.1, -0.05) is 12.1 Å². The molecule has 0 radical (unpaired) electrons. The average Bonchev–Trinajstić information content (AvgIpc) is 2.44. The average molecular weight is 306 g/mol. The molecule has 22 heavy (non-hydrogen) atoms. The van der Waals surface area contributed by atoms with E-state index in [1.807, 2.05) is 32.9 Å². The van der Waals surface area contributed by atoms with E-state index in [1.54, 1.807) is 12.1 Å². The number of amides is 1. The van der Waals surface area contributed by atoms with E-state index in [0.29, 0.717) is 6.54 Å². The summed E-state index contributed by atoms with van der Waals surface area (Å²) in [4.78, 5) is 11.9. The summed E-state index contributed by atoms with van der Waals surface area (Å²) in [6, 6.07) is 7.22. The van der Waals surface area contributed by atoms with Crippen molar-refractivity contribution in [2.45, 2.75) is 51.2 Å². The van der Waals surface area contributed by atoms with Crippen molar-refractivity contribution >= 4 is 6.09 Å². The smallest absolute Gasteiger partial charge is 0.407 e. The number of alkyl carbamates (subject to hydrolysis) is 1. The van der Waals surface area contributed by atoms with Gasteiger partial charge in [-0.15, -0.1) is 0 Å². The molecule has 1 heterocycles. The zero-order valence-electron chi connectivity index (χ0n) is 13.6. The minimum atomic E-state index is -0.512. The maximum absolute atomic E-state index is 11.9. The zero-order chi connectivity index (χ0) is 16.2. The van der Waals surface area contributed by atoms with E-state index in [0.717, 1.165) is 31.4 Å². The molecule has 1 unspecified atom stereocenters. The Labute approximate surface area is 132 Å². The third-order valence-electron chi connectivity index (χ3n) is 3.83. The van der Waals surface area contributed by atoms with Crippen LogP contribution in [0, 0.1) is 0 Å². The second kappa shape index (κ2) is 6.57. The molecule has 1 fully saturated rings. The predicted octanol–water partition coefficient (Wildman–Crippen LogP) is 2.89. The van der Waals surface area contributed by atoms with Crippen LogP contribution in [0.2, 0.25) is 0 Å². The summed E-state index contributed by atoms with van der Waals surface area (Å²) in [5.41, 5.74) is 0.124. The van der Waals surface area contributed by atoms with Gasteiger partial charge < -0.3 is 20.5 Å². The Morgan fingerprint density at radius 3 is 2.77 bits per heavy atom. The van der Waals surface area contributed by atoms with Gasteiger partial charge in [-0.05, 0) is 64.3 Å². The highest BCUT2D eigenvalue weighted by Gasteiger charge is 2.34. The molecule has 5 nitrogen and oxygen atoms in total. The van der Waals surface area contributed by atoms with E-state index in [1.165, 1.54) is 0 Å². The van der Waals surface area contributed by atoms with Crippen LogP contribution >= 0.6 is 0 Å². The van der Waals surface area contributed by atoms with Crippen molar-refractivity contribution in [3.63, 3.8) is 0 Å². The second-order valence-corrected chi connectivity index (χ2v) is 6.87. The minimum Gasteiger partial charge on any atom is -0.508 e. The molecular formula is C17H26N2O3. The summed E-state index contributed by atoms with van der Waals surface area (Å²) in [6.45, 7) is 6.86. The van der Waals surface area contributed by atoms with Gasteiger partial charge in [0.15, 0.2) is 0 Å². The van der Waals surface area contributed by atoms with Gasteiger partial charge in [0.05, 0.1) is 5.54 Å². The summed E-state index contributed by atoms with van der Waals surface area (Å²) in [7, 11) is 0. The lowest BCUT2D eigenvalue weighted by Crippen LogP contribution is -2.53. The van der Waals surface area contributed by atoms with E-state index in [-0.39, 0.29) is 11.3 Å². The molecule has 1 atom stereocenters. The zero-order valence-corrected chi connectivity index (χ0v) is 13.6. The number of aromatic hydroxyl groups is 1. The summed E-state index contributed by atoms with van der Waals surface area (Å²) in [5.74, 6) is 0.238. The Hall–Kier alpha value is -1.75. The van der Waals surface area contributed by atoms with E-state index in [4.69, 9.17) is 4.74 Å². The van der Waals surface area contributed by atoms with Crippen molar-refractivity contribution in [2.24, 2.45) is 0 Å². The number of ether oxygens (including phenoxy) is 1.